The minimum absolute atomic E-state index is 0.00586. The van der Waals surface area contributed by atoms with Crippen molar-refractivity contribution in [2.45, 2.75) is 37.8 Å². The van der Waals surface area contributed by atoms with Gasteiger partial charge in [0.15, 0.2) is 0 Å². The Hall–Kier alpha value is -3.23. The molecule has 1 amide bonds. The second-order valence-corrected chi connectivity index (χ2v) is 9.62. The van der Waals surface area contributed by atoms with Crippen molar-refractivity contribution in [1.82, 2.24) is 14.9 Å². The lowest BCUT2D eigenvalue weighted by Crippen LogP contribution is -2.47. The molecule has 3 fully saturated rings. The van der Waals surface area contributed by atoms with Gasteiger partial charge in [0.05, 0.1) is 16.2 Å². The van der Waals surface area contributed by atoms with Crippen LogP contribution in [-0.4, -0.2) is 46.5 Å². The van der Waals surface area contributed by atoms with Gasteiger partial charge in [-0.1, -0.05) is 24.6 Å². The summed E-state index contributed by atoms with van der Waals surface area (Å²) in [6.07, 6.45) is 7.20. The molecule has 3 heterocycles. The Morgan fingerprint density at radius 1 is 1.29 bits per heavy atom. The van der Waals surface area contributed by atoms with Gasteiger partial charge in [-0.25, -0.2) is 14.4 Å². The average molecular weight is 496 g/mol. The van der Waals surface area contributed by atoms with E-state index < -0.39 is 5.82 Å². The van der Waals surface area contributed by atoms with E-state index in [-0.39, 0.29) is 17.0 Å². The number of amides is 1. The summed E-state index contributed by atoms with van der Waals surface area (Å²) in [4.78, 5) is 23.5. The lowest BCUT2D eigenvalue weighted by atomic mass is 9.91. The molecule has 3 atom stereocenters. The van der Waals surface area contributed by atoms with Crippen LogP contribution in [0.25, 0.3) is 10.9 Å². The molecule has 0 radical (unpaired) electrons. The summed E-state index contributed by atoms with van der Waals surface area (Å²) >= 11 is 5.93. The molecule has 1 aromatic heterocycles. The van der Waals surface area contributed by atoms with Crippen LogP contribution in [0.2, 0.25) is 5.02 Å². The average Bonchev–Trinajstić information content (AvgIpc) is 3.15. The highest BCUT2D eigenvalue weighted by molar-refractivity contribution is 6.31. The monoisotopic (exact) mass is 495 g/mol. The molecule has 182 valence electrons. The predicted octanol–water partition coefficient (Wildman–Crippen LogP) is 5.54. The van der Waals surface area contributed by atoms with Crippen molar-refractivity contribution in [2.75, 3.05) is 24.2 Å². The summed E-state index contributed by atoms with van der Waals surface area (Å²) < 4.78 is 20.2. The van der Waals surface area contributed by atoms with Crippen LogP contribution >= 0.6 is 11.6 Å². The highest BCUT2D eigenvalue weighted by Gasteiger charge is 2.38. The number of carbonyl (C=O) groups excluding carboxylic acids is 1. The maximum atomic E-state index is 13.6. The minimum atomic E-state index is -0.501. The van der Waals surface area contributed by atoms with E-state index in [1.54, 1.807) is 12.1 Å². The zero-order chi connectivity index (χ0) is 24.5. The second kappa shape index (κ2) is 9.79. The third-order valence-corrected chi connectivity index (χ3v) is 7.22. The number of carbonyl (C=O) groups is 1. The number of rotatable bonds is 6. The number of piperidine rings is 1. The fraction of sp³-hybridized carbons (Fsp3) is 0.346. The number of hydrogen-bond acceptors (Lipinski definition) is 6. The molecule has 9 heteroatoms. The van der Waals surface area contributed by atoms with E-state index in [2.05, 4.69) is 39.1 Å². The number of hydrogen-bond donors (Lipinski definition) is 2. The third-order valence-electron chi connectivity index (χ3n) is 6.93. The summed E-state index contributed by atoms with van der Waals surface area (Å²) in [5, 5.41) is 6.71. The number of nitrogens with one attached hydrogen (secondary N) is 2. The number of ether oxygens (including phenoxy) is 1. The molecule has 3 aliphatic rings. The molecule has 1 saturated carbocycles. The molecular weight excluding hydrogens is 469 g/mol. The van der Waals surface area contributed by atoms with Gasteiger partial charge in [0.25, 0.3) is 0 Å². The van der Waals surface area contributed by atoms with Crippen molar-refractivity contribution in [3.05, 3.63) is 60.2 Å². The maximum Gasteiger partial charge on any atom is 0.247 e. The zero-order valence-electron chi connectivity index (χ0n) is 19.4. The van der Waals surface area contributed by atoms with Gasteiger partial charge in [0.2, 0.25) is 5.91 Å². The summed E-state index contributed by atoms with van der Waals surface area (Å²) in [5.74, 6) is 0.659. The van der Waals surface area contributed by atoms with E-state index in [9.17, 15) is 9.18 Å². The van der Waals surface area contributed by atoms with Gasteiger partial charge >= 0.3 is 0 Å². The molecular formula is C26H27ClFN5O2. The van der Waals surface area contributed by atoms with E-state index >= 15 is 0 Å². The summed E-state index contributed by atoms with van der Waals surface area (Å²) in [6.45, 7) is 4.57. The first kappa shape index (κ1) is 23.5. The first-order chi connectivity index (χ1) is 16.9. The van der Waals surface area contributed by atoms with E-state index in [1.165, 1.54) is 37.4 Å². The molecule has 2 aromatic carbocycles. The molecule has 0 spiro atoms. The highest BCUT2D eigenvalue weighted by atomic mass is 35.5. The van der Waals surface area contributed by atoms with E-state index in [0.717, 1.165) is 19.4 Å². The molecule has 35 heavy (non-hydrogen) atoms. The normalized spacial score (nSPS) is 22.0. The lowest BCUT2D eigenvalue weighted by Gasteiger charge is -2.39. The number of aromatic nitrogens is 2. The van der Waals surface area contributed by atoms with Crippen molar-refractivity contribution < 1.29 is 13.9 Å². The number of fused-ring (bicyclic) bond motifs is 5. The summed E-state index contributed by atoms with van der Waals surface area (Å²) in [5.41, 5.74) is 1.75. The second-order valence-electron chi connectivity index (χ2n) is 9.21. The van der Waals surface area contributed by atoms with E-state index in [1.807, 2.05) is 6.07 Å². The largest absolute Gasteiger partial charge is 0.488 e. The smallest absolute Gasteiger partial charge is 0.247 e. The minimum Gasteiger partial charge on any atom is -0.488 e. The van der Waals surface area contributed by atoms with Crippen molar-refractivity contribution in [3.63, 3.8) is 0 Å². The van der Waals surface area contributed by atoms with Crippen LogP contribution in [0, 0.1) is 11.7 Å². The van der Waals surface area contributed by atoms with Gasteiger partial charge in [-0.05, 0) is 50.2 Å². The van der Waals surface area contributed by atoms with Gasteiger partial charge in [-0.3, -0.25) is 4.79 Å². The number of nitrogens with zero attached hydrogens (tertiary/aromatic N) is 3. The molecule has 2 saturated heterocycles. The van der Waals surface area contributed by atoms with Crippen molar-refractivity contribution in [3.8, 4) is 5.75 Å². The first-order valence-corrected chi connectivity index (χ1v) is 12.1. The molecule has 3 aromatic rings. The molecule has 2 aliphatic heterocycles. The molecule has 7 nitrogen and oxygen atoms in total. The topological polar surface area (TPSA) is 79.4 Å². The third kappa shape index (κ3) is 4.94. The van der Waals surface area contributed by atoms with Crippen LogP contribution in [0.5, 0.6) is 5.75 Å². The Labute approximate surface area is 208 Å². The molecule has 2 N–H and O–H groups in total. The van der Waals surface area contributed by atoms with Crippen molar-refractivity contribution in [1.29, 1.82) is 0 Å². The van der Waals surface area contributed by atoms with E-state index in [4.69, 9.17) is 16.3 Å². The van der Waals surface area contributed by atoms with Crippen LogP contribution in [0.4, 0.5) is 21.6 Å². The van der Waals surface area contributed by atoms with Gasteiger partial charge in [-0.2, -0.15) is 0 Å². The Balaban J connectivity index is 1.51. The number of benzene rings is 2. The summed E-state index contributed by atoms with van der Waals surface area (Å²) in [7, 11) is 2.19. The Morgan fingerprint density at radius 3 is 2.94 bits per heavy atom. The van der Waals surface area contributed by atoms with Gasteiger partial charge in [0.1, 0.15) is 29.8 Å². The maximum absolute atomic E-state index is 13.6. The zero-order valence-corrected chi connectivity index (χ0v) is 20.2. The fourth-order valence-electron chi connectivity index (χ4n) is 5.09. The standard InChI is InChI=1S/C26H27ClFN5O2/c1-3-25(34)32-22-11-18-21(29-14-30-26(18)31-16-7-8-20(28)19(27)9-16)12-24(22)35-23-10-17-6-4-5-15(23)13-33(17)2/h3,7-9,11-12,14-15,17,23H,1,4-6,10,13H2,2H3,(H,32,34)(H,29,30,31). The van der Waals surface area contributed by atoms with Crippen molar-refractivity contribution in [2.24, 2.45) is 5.92 Å². The molecule has 3 unspecified atom stereocenters. The molecule has 1 aliphatic carbocycles. The van der Waals surface area contributed by atoms with Gasteiger partial charge in [-0.15, -0.1) is 0 Å². The Morgan fingerprint density at radius 2 is 2.14 bits per heavy atom. The SMILES string of the molecule is C=CC(=O)Nc1cc2c(Nc3ccc(F)c(Cl)c3)ncnc2cc1OC1CC2CCCC1CN2C. The Bertz CT molecular complexity index is 1290. The van der Waals surface area contributed by atoms with Crippen LogP contribution in [0.1, 0.15) is 25.7 Å². The number of anilines is 3. The Kier molecular flexibility index (Phi) is 6.58. The van der Waals surface area contributed by atoms with E-state index in [0.29, 0.717) is 45.8 Å². The fourth-order valence-corrected chi connectivity index (χ4v) is 5.27. The molecule has 6 rings (SSSR count). The van der Waals surface area contributed by atoms with Crippen LogP contribution in [-0.2, 0) is 4.79 Å². The quantitative estimate of drug-likeness (QED) is 0.437. The van der Waals surface area contributed by atoms with Gasteiger partial charge < -0.3 is 20.3 Å². The predicted molar refractivity (Wildman–Crippen MR) is 136 cm³/mol. The van der Waals surface area contributed by atoms with Crippen LogP contribution in [0.15, 0.2) is 49.3 Å². The summed E-state index contributed by atoms with van der Waals surface area (Å²) in [6, 6.07) is 8.48. The van der Waals surface area contributed by atoms with Crippen LogP contribution < -0.4 is 15.4 Å². The first-order valence-electron chi connectivity index (χ1n) is 11.7. The number of halogens is 2. The highest BCUT2D eigenvalue weighted by Crippen LogP contribution is 2.39. The van der Waals surface area contributed by atoms with Crippen molar-refractivity contribution >= 4 is 45.6 Å². The molecule has 2 bridgehead atoms. The van der Waals surface area contributed by atoms with Gasteiger partial charge in [0, 0.05) is 42.1 Å². The lowest BCUT2D eigenvalue weighted by molar-refractivity contribution is -0.111. The van der Waals surface area contributed by atoms with Crippen LogP contribution in [0.3, 0.4) is 0 Å².